The zero-order valence-electron chi connectivity index (χ0n) is 20.9. The first-order valence-electron chi connectivity index (χ1n) is 12.8. The van der Waals surface area contributed by atoms with E-state index < -0.39 is 13.4 Å². The number of aliphatic hydroxyl groups excluding tert-OH is 1. The smallest absolute Gasteiger partial charge is 0.363 e. The summed E-state index contributed by atoms with van der Waals surface area (Å²) in [4.78, 5) is 0. The van der Waals surface area contributed by atoms with Crippen LogP contribution >= 0.6 is 7.60 Å². The highest BCUT2D eigenvalue weighted by atomic mass is 31.2. The Balaban J connectivity index is 1.92. The molecule has 1 aromatic carbocycles. The number of hydrogen-bond donors (Lipinski definition) is 1. The number of aliphatic hydroxyl groups is 1. The molecule has 2 fully saturated rings. The topological polar surface area (TPSA) is 55.8 Å². The van der Waals surface area contributed by atoms with Gasteiger partial charge < -0.3 is 14.2 Å². The van der Waals surface area contributed by atoms with Crippen molar-refractivity contribution in [2.24, 2.45) is 35.5 Å². The average molecular weight is 465 g/mol. The lowest BCUT2D eigenvalue weighted by Gasteiger charge is -2.42. The van der Waals surface area contributed by atoms with E-state index in [9.17, 15) is 9.67 Å². The molecule has 2 saturated carbocycles. The predicted octanol–water partition coefficient (Wildman–Crippen LogP) is 7.83. The van der Waals surface area contributed by atoms with Crippen LogP contribution in [0.2, 0.25) is 0 Å². The van der Waals surface area contributed by atoms with Crippen molar-refractivity contribution in [1.29, 1.82) is 0 Å². The minimum absolute atomic E-state index is 0.151. The molecule has 0 saturated heterocycles. The predicted molar refractivity (Wildman–Crippen MR) is 131 cm³/mol. The first-order valence-corrected chi connectivity index (χ1v) is 14.4. The van der Waals surface area contributed by atoms with Gasteiger partial charge in [0.15, 0.2) is 5.85 Å². The minimum atomic E-state index is -3.82. The van der Waals surface area contributed by atoms with Gasteiger partial charge in [-0.15, -0.1) is 0 Å². The molecule has 5 heteroatoms. The summed E-state index contributed by atoms with van der Waals surface area (Å²) in [6, 6.07) is 9.26. The van der Waals surface area contributed by atoms with E-state index in [0.29, 0.717) is 41.1 Å². The van der Waals surface area contributed by atoms with Crippen LogP contribution in [-0.4, -0.2) is 17.3 Å². The van der Waals surface area contributed by atoms with E-state index >= 15 is 0 Å². The van der Waals surface area contributed by atoms with Crippen molar-refractivity contribution in [3.8, 4) is 0 Å². The third-order valence-electron chi connectivity index (χ3n) is 7.88. The molecule has 8 atom stereocenters. The van der Waals surface area contributed by atoms with Gasteiger partial charge in [0.05, 0.1) is 12.2 Å². The maximum atomic E-state index is 14.5. The van der Waals surface area contributed by atoms with Crippen LogP contribution in [0, 0.1) is 35.5 Å². The highest BCUT2D eigenvalue weighted by Gasteiger charge is 2.46. The lowest BCUT2D eigenvalue weighted by atomic mass is 9.75. The van der Waals surface area contributed by atoms with E-state index in [1.165, 1.54) is 12.8 Å². The molecule has 0 heterocycles. The standard InChI is InChI=1S/C27H45O4P/c1-18(2)23-14-12-20(5)16-25(23)30-32(29,27(28)22-10-8-7-9-11-22)31-26-17-21(6)13-15-24(26)19(3)4/h7-11,18-21,23-28H,12-17H2,1-6H3/t20-,21-,23-,24+,25-,26-,27-,32?/m1/s1. The summed E-state index contributed by atoms with van der Waals surface area (Å²) in [6.45, 7) is 13.3. The number of rotatable bonds is 8. The van der Waals surface area contributed by atoms with E-state index in [0.717, 1.165) is 25.7 Å². The Morgan fingerprint density at radius 1 is 0.812 bits per heavy atom. The van der Waals surface area contributed by atoms with Crippen LogP contribution in [0.1, 0.15) is 91.5 Å². The first-order chi connectivity index (χ1) is 15.1. The zero-order valence-corrected chi connectivity index (χ0v) is 21.8. The van der Waals surface area contributed by atoms with Crippen LogP contribution in [0.25, 0.3) is 0 Å². The Morgan fingerprint density at radius 2 is 1.25 bits per heavy atom. The third kappa shape index (κ3) is 6.26. The normalized spacial score (nSPS) is 34.4. The Morgan fingerprint density at radius 3 is 1.66 bits per heavy atom. The molecule has 32 heavy (non-hydrogen) atoms. The van der Waals surface area contributed by atoms with E-state index in [-0.39, 0.29) is 12.2 Å². The van der Waals surface area contributed by atoms with Crippen molar-refractivity contribution in [2.45, 2.75) is 98.1 Å². The lowest BCUT2D eigenvalue weighted by molar-refractivity contribution is -0.0153. The van der Waals surface area contributed by atoms with Gasteiger partial charge in [-0.1, -0.05) is 84.7 Å². The van der Waals surface area contributed by atoms with Gasteiger partial charge in [-0.25, -0.2) is 0 Å². The maximum absolute atomic E-state index is 14.5. The SMILES string of the molecule is CC(C)[C@H]1CC[C@@H](C)C[C@H]1OP(=O)(O[C@@H]1C[C@H](C)CC[C@H]1C(C)C)[C@@H](O)c1ccccc1. The summed E-state index contributed by atoms with van der Waals surface area (Å²) in [5.74, 6) is 1.32. The van der Waals surface area contributed by atoms with Gasteiger partial charge in [-0.05, 0) is 66.8 Å². The number of benzene rings is 1. The Hall–Kier alpha value is -0.670. The van der Waals surface area contributed by atoms with Crippen LogP contribution in [-0.2, 0) is 13.6 Å². The molecular weight excluding hydrogens is 419 g/mol. The number of hydrogen-bond acceptors (Lipinski definition) is 4. The molecule has 1 aromatic rings. The molecule has 0 radical (unpaired) electrons. The van der Waals surface area contributed by atoms with Crippen molar-refractivity contribution in [1.82, 2.24) is 0 Å². The second kappa shape index (κ2) is 11.2. The van der Waals surface area contributed by atoms with Crippen molar-refractivity contribution in [3.05, 3.63) is 35.9 Å². The summed E-state index contributed by atoms with van der Waals surface area (Å²) in [5.41, 5.74) is 0.603. The van der Waals surface area contributed by atoms with E-state index in [2.05, 4.69) is 41.5 Å². The van der Waals surface area contributed by atoms with Gasteiger partial charge >= 0.3 is 7.60 Å². The first kappa shape index (κ1) is 25.9. The monoisotopic (exact) mass is 464 g/mol. The average Bonchev–Trinajstić information content (AvgIpc) is 2.73. The molecule has 0 spiro atoms. The van der Waals surface area contributed by atoms with Crippen molar-refractivity contribution in [2.75, 3.05) is 0 Å². The quantitative estimate of drug-likeness (QED) is 0.398. The summed E-state index contributed by atoms with van der Waals surface area (Å²) in [7, 11) is -3.82. The van der Waals surface area contributed by atoms with Gasteiger partial charge in [-0.2, -0.15) is 0 Å². The molecule has 2 aliphatic carbocycles. The van der Waals surface area contributed by atoms with E-state index in [1.807, 2.05) is 30.3 Å². The summed E-state index contributed by atoms with van der Waals surface area (Å²) >= 11 is 0. The van der Waals surface area contributed by atoms with Gasteiger partial charge in [0.1, 0.15) is 0 Å². The molecule has 2 aliphatic rings. The van der Waals surface area contributed by atoms with E-state index in [1.54, 1.807) is 0 Å². The van der Waals surface area contributed by atoms with Crippen LogP contribution in [0.5, 0.6) is 0 Å². The molecule has 3 rings (SSSR count). The Kier molecular flexibility index (Phi) is 9.06. The molecule has 1 N–H and O–H groups in total. The van der Waals surface area contributed by atoms with Crippen LogP contribution in [0.3, 0.4) is 0 Å². The maximum Gasteiger partial charge on any atom is 0.363 e. The summed E-state index contributed by atoms with van der Waals surface area (Å²) in [6.07, 6.45) is 5.91. The molecule has 0 bridgehead atoms. The second-order valence-corrected chi connectivity index (χ2v) is 13.3. The molecule has 182 valence electrons. The molecule has 0 aromatic heterocycles. The fourth-order valence-corrected chi connectivity index (χ4v) is 7.85. The van der Waals surface area contributed by atoms with Crippen molar-refractivity contribution >= 4 is 7.60 Å². The highest BCUT2D eigenvalue weighted by molar-refractivity contribution is 7.54. The molecule has 1 unspecified atom stereocenters. The highest BCUT2D eigenvalue weighted by Crippen LogP contribution is 2.64. The van der Waals surface area contributed by atoms with Gasteiger partial charge in [0.2, 0.25) is 0 Å². The lowest BCUT2D eigenvalue weighted by Crippen LogP contribution is -2.37. The second-order valence-electron chi connectivity index (χ2n) is 11.3. The molecule has 0 amide bonds. The third-order valence-corrected chi connectivity index (χ3v) is 9.91. The van der Waals surface area contributed by atoms with Gasteiger partial charge in [0, 0.05) is 0 Å². The van der Waals surface area contributed by atoms with Crippen LogP contribution in [0.4, 0.5) is 0 Å². The Labute approximate surface area is 196 Å². The van der Waals surface area contributed by atoms with Gasteiger partial charge in [-0.3, -0.25) is 4.57 Å². The van der Waals surface area contributed by atoms with E-state index in [4.69, 9.17) is 9.05 Å². The summed E-state index contributed by atoms with van der Waals surface area (Å²) < 4.78 is 27.5. The van der Waals surface area contributed by atoms with Crippen LogP contribution in [0.15, 0.2) is 30.3 Å². The van der Waals surface area contributed by atoms with Crippen molar-refractivity contribution < 1.29 is 18.7 Å². The summed E-state index contributed by atoms with van der Waals surface area (Å²) in [5, 5.41) is 11.4. The zero-order chi connectivity index (χ0) is 23.5. The molecule has 0 aliphatic heterocycles. The molecular formula is C27H45O4P. The van der Waals surface area contributed by atoms with Crippen molar-refractivity contribution in [3.63, 3.8) is 0 Å². The largest absolute Gasteiger partial charge is 0.376 e. The molecule has 4 nitrogen and oxygen atoms in total. The Bertz CT molecular complexity index is 711. The fourth-order valence-electron chi connectivity index (χ4n) is 5.80. The fraction of sp³-hybridized carbons (Fsp3) is 0.778. The van der Waals surface area contributed by atoms with Gasteiger partial charge in [0.25, 0.3) is 0 Å². The van der Waals surface area contributed by atoms with Crippen LogP contribution < -0.4 is 0 Å². The minimum Gasteiger partial charge on any atom is -0.376 e.